The average molecular weight is 336 g/mol. The first-order valence-corrected chi connectivity index (χ1v) is 7.86. The van der Waals surface area contributed by atoms with Crippen LogP contribution in [0.4, 0.5) is 0 Å². The van der Waals surface area contributed by atoms with E-state index in [9.17, 15) is 9.90 Å². The molecule has 0 radical (unpaired) electrons. The molecule has 0 aliphatic rings. The molecule has 0 aromatic heterocycles. The second kappa shape index (κ2) is 9.00. The Morgan fingerprint density at radius 1 is 1.29 bits per heavy atom. The van der Waals surface area contributed by atoms with Crippen molar-refractivity contribution < 1.29 is 14.6 Å². The first kappa shape index (κ1) is 19.6. The fourth-order valence-electron chi connectivity index (χ4n) is 2.04. The molecule has 24 heavy (non-hydrogen) atoms. The van der Waals surface area contributed by atoms with E-state index in [0.29, 0.717) is 24.7 Å². The van der Waals surface area contributed by atoms with Gasteiger partial charge in [-0.2, -0.15) is 0 Å². The van der Waals surface area contributed by atoms with Gasteiger partial charge in [0.1, 0.15) is 11.5 Å². The van der Waals surface area contributed by atoms with Crippen LogP contribution < -0.4 is 20.7 Å². The zero-order chi connectivity index (χ0) is 18.2. The summed E-state index contributed by atoms with van der Waals surface area (Å²) < 4.78 is 5.06. The van der Waals surface area contributed by atoms with Crippen LogP contribution in [0.3, 0.4) is 0 Å². The molecule has 0 aliphatic carbocycles. The number of carbonyl (C=O) groups excluding carboxylic acids is 1. The van der Waals surface area contributed by atoms with Gasteiger partial charge >= 0.3 is 0 Å². The number of nitrogens with zero attached hydrogens (tertiary/aromatic N) is 1. The minimum Gasteiger partial charge on any atom is -0.508 e. The van der Waals surface area contributed by atoms with E-state index in [0.717, 1.165) is 5.56 Å². The summed E-state index contributed by atoms with van der Waals surface area (Å²) in [6.07, 6.45) is 0.616. The second-order valence-corrected chi connectivity index (χ2v) is 6.40. The highest BCUT2D eigenvalue weighted by Crippen LogP contribution is 2.23. The van der Waals surface area contributed by atoms with E-state index in [1.54, 1.807) is 26.3 Å². The third kappa shape index (κ3) is 7.21. The lowest BCUT2D eigenvalue weighted by atomic mass is 10.1. The number of carbonyl (C=O) groups is 1. The van der Waals surface area contributed by atoms with Gasteiger partial charge in [-0.05, 0) is 38.8 Å². The van der Waals surface area contributed by atoms with Crippen LogP contribution >= 0.6 is 0 Å². The molecule has 1 aromatic carbocycles. The molecule has 1 aromatic rings. The minimum atomic E-state index is -0.262. The maximum Gasteiger partial charge on any atom is 0.239 e. The summed E-state index contributed by atoms with van der Waals surface area (Å²) in [5, 5.41) is 18.9. The van der Waals surface area contributed by atoms with Gasteiger partial charge in [-0.15, -0.1) is 0 Å². The standard InChI is InChI=1S/C17H28N4O3/c1-17(2,3)21-15(23)11-20-16(18-4)19-9-8-12-6-7-13(24-5)10-14(12)22/h6-7,10,22H,8-9,11H2,1-5H3,(H,21,23)(H2,18,19,20). The largest absolute Gasteiger partial charge is 0.508 e. The lowest BCUT2D eigenvalue weighted by Crippen LogP contribution is -2.48. The molecule has 7 heteroatoms. The third-order valence-electron chi connectivity index (χ3n) is 3.13. The van der Waals surface area contributed by atoms with Gasteiger partial charge in [-0.3, -0.25) is 9.79 Å². The molecule has 1 amide bonds. The van der Waals surface area contributed by atoms with Crippen LogP contribution in [0.5, 0.6) is 11.5 Å². The number of amides is 1. The molecule has 0 spiro atoms. The van der Waals surface area contributed by atoms with Crippen LogP contribution in [-0.4, -0.2) is 49.8 Å². The number of ether oxygens (including phenoxy) is 1. The van der Waals surface area contributed by atoms with Crippen LogP contribution in [0, 0.1) is 0 Å². The van der Waals surface area contributed by atoms with Crippen LogP contribution in [0.1, 0.15) is 26.3 Å². The van der Waals surface area contributed by atoms with Crippen molar-refractivity contribution >= 4 is 11.9 Å². The summed E-state index contributed by atoms with van der Waals surface area (Å²) >= 11 is 0. The van der Waals surface area contributed by atoms with Crippen LogP contribution in [0.2, 0.25) is 0 Å². The number of phenolic OH excluding ortho intramolecular Hbond substituents is 1. The zero-order valence-corrected chi connectivity index (χ0v) is 15.1. The smallest absolute Gasteiger partial charge is 0.239 e. The lowest BCUT2D eigenvalue weighted by molar-refractivity contribution is -0.121. The van der Waals surface area contributed by atoms with Crippen molar-refractivity contribution in [2.45, 2.75) is 32.7 Å². The van der Waals surface area contributed by atoms with Gasteiger partial charge in [0.2, 0.25) is 5.91 Å². The Balaban J connectivity index is 2.41. The highest BCUT2D eigenvalue weighted by atomic mass is 16.5. The molecule has 0 saturated carbocycles. The van der Waals surface area contributed by atoms with Crippen molar-refractivity contribution in [2.24, 2.45) is 4.99 Å². The Bertz CT molecular complexity index is 580. The van der Waals surface area contributed by atoms with E-state index < -0.39 is 0 Å². The fraction of sp³-hybridized carbons (Fsp3) is 0.529. The molecular weight excluding hydrogens is 308 g/mol. The summed E-state index contributed by atoms with van der Waals surface area (Å²) in [7, 11) is 3.20. The highest BCUT2D eigenvalue weighted by Gasteiger charge is 2.13. The van der Waals surface area contributed by atoms with Crippen molar-refractivity contribution in [1.82, 2.24) is 16.0 Å². The monoisotopic (exact) mass is 336 g/mol. The van der Waals surface area contributed by atoms with E-state index in [-0.39, 0.29) is 23.7 Å². The summed E-state index contributed by atoms with van der Waals surface area (Å²) in [6.45, 7) is 6.50. The molecule has 1 rings (SSSR count). The van der Waals surface area contributed by atoms with Gasteiger partial charge in [0.25, 0.3) is 0 Å². The van der Waals surface area contributed by atoms with E-state index >= 15 is 0 Å². The number of aromatic hydroxyl groups is 1. The van der Waals surface area contributed by atoms with Gasteiger partial charge in [0, 0.05) is 25.2 Å². The number of nitrogens with one attached hydrogen (secondary N) is 3. The van der Waals surface area contributed by atoms with Crippen LogP contribution in [-0.2, 0) is 11.2 Å². The van der Waals surface area contributed by atoms with E-state index in [4.69, 9.17) is 4.74 Å². The van der Waals surface area contributed by atoms with Gasteiger partial charge in [-0.1, -0.05) is 6.07 Å². The Morgan fingerprint density at radius 2 is 2.00 bits per heavy atom. The molecule has 0 saturated heterocycles. The topological polar surface area (TPSA) is 95.0 Å². The predicted octanol–water partition coefficient (Wildman–Crippen LogP) is 1.02. The van der Waals surface area contributed by atoms with Crippen molar-refractivity contribution in [2.75, 3.05) is 27.2 Å². The maximum atomic E-state index is 11.8. The molecule has 0 heterocycles. The molecule has 0 fully saturated rings. The zero-order valence-electron chi connectivity index (χ0n) is 15.1. The molecule has 0 atom stereocenters. The lowest BCUT2D eigenvalue weighted by Gasteiger charge is -2.21. The maximum absolute atomic E-state index is 11.8. The van der Waals surface area contributed by atoms with E-state index in [2.05, 4.69) is 20.9 Å². The fourth-order valence-corrected chi connectivity index (χ4v) is 2.04. The number of phenols is 1. The van der Waals surface area contributed by atoms with Crippen molar-refractivity contribution in [3.05, 3.63) is 23.8 Å². The number of benzene rings is 1. The SMILES string of the molecule is CN=C(NCCc1ccc(OC)cc1O)NCC(=O)NC(C)(C)C. The Kier molecular flexibility index (Phi) is 7.35. The summed E-state index contributed by atoms with van der Waals surface area (Å²) in [5.41, 5.74) is 0.547. The number of rotatable bonds is 6. The summed E-state index contributed by atoms with van der Waals surface area (Å²) in [5.74, 6) is 1.25. The Hall–Kier alpha value is -2.44. The predicted molar refractivity (Wildman–Crippen MR) is 95.6 cm³/mol. The van der Waals surface area contributed by atoms with Gasteiger partial charge in [0.05, 0.1) is 13.7 Å². The number of hydrogen-bond acceptors (Lipinski definition) is 4. The molecule has 7 nitrogen and oxygen atoms in total. The molecule has 134 valence electrons. The number of hydrogen-bond donors (Lipinski definition) is 4. The number of guanidine groups is 1. The quantitative estimate of drug-likeness (QED) is 0.460. The summed E-state index contributed by atoms with van der Waals surface area (Å²) in [6, 6.07) is 5.21. The molecular formula is C17H28N4O3. The van der Waals surface area contributed by atoms with E-state index in [1.165, 1.54) is 0 Å². The van der Waals surface area contributed by atoms with E-state index in [1.807, 2.05) is 26.8 Å². The third-order valence-corrected chi connectivity index (χ3v) is 3.13. The first-order valence-electron chi connectivity index (χ1n) is 7.86. The number of methoxy groups -OCH3 is 1. The van der Waals surface area contributed by atoms with Gasteiger partial charge < -0.3 is 25.8 Å². The average Bonchev–Trinajstić information content (AvgIpc) is 2.50. The van der Waals surface area contributed by atoms with Crippen LogP contribution in [0.25, 0.3) is 0 Å². The molecule has 0 unspecified atom stereocenters. The second-order valence-electron chi connectivity index (χ2n) is 6.40. The van der Waals surface area contributed by atoms with Crippen molar-refractivity contribution in [1.29, 1.82) is 0 Å². The Labute approximate surface area is 143 Å². The van der Waals surface area contributed by atoms with Crippen molar-refractivity contribution in [3.8, 4) is 11.5 Å². The van der Waals surface area contributed by atoms with Gasteiger partial charge in [0.15, 0.2) is 5.96 Å². The number of aliphatic imine (C=N–C) groups is 1. The molecule has 4 N–H and O–H groups in total. The first-order chi connectivity index (χ1) is 11.2. The normalized spacial score (nSPS) is 11.8. The van der Waals surface area contributed by atoms with Gasteiger partial charge in [-0.25, -0.2) is 0 Å². The molecule has 0 aliphatic heterocycles. The summed E-state index contributed by atoms with van der Waals surface area (Å²) in [4.78, 5) is 15.8. The van der Waals surface area contributed by atoms with Crippen molar-refractivity contribution in [3.63, 3.8) is 0 Å². The van der Waals surface area contributed by atoms with Crippen LogP contribution in [0.15, 0.2) is 23.2 Å². The molecule has 0 bridgehead atoms. The highest BCUT2D eigenvalue weighted by molar-refractivity contribution is 5.86. The Morgan fingerprint density at radius 3 is 2.54 bits per heavy atom. The minimum absolute atomic E-state index is 0.0988.